The molecule has 0 N–H and O–H groups in total. The average Bonchev–Trinajstić information content (AvgIpc) is 3.35. The molecule has 0 saturated carbocycles. The number of allylic oxidation sites excluding steroid dienone is 2. The van der Waals surface area contributed by atoms with Crippen molar-refractivity contribution in [2.45, 2.75) is 0 Å². The van der Waals surface area contributed by atoms with E-state index in [0.29, 0.717) is 23.8 Å². The molecule has 2 heterocycles. The van der Waals surface area contributed by atoms with Crippen LogP contribution in [0.25, 0.3) is 22.5 Å². The number of nitrogens with zero attached hydrogens (tertiary/aromatic N) is 4. The van der Waals surface area contributed by atoms with Gasteiger partial charge in [-0.25, -0.2) is 0 Å². The van der Waals surface area contributed by atoms with Gasteiger partial charge in [-0.05, 0) is 35.4 Å². The van der Waals surface area contributed by atoms with E-state index < -0.39 is 0 Å². The van der Waals surface area contributed by atoms with Crippen molar-refractivity contribution in [1.82, 2.24) is 10.1 Å². The van der Waals surface area contributed by atoms with Gasteiger partial charge in [-0.15, -0.1) is 0 Å². The Balaban J connectivity index is 1.59. The molecule has 148 valence electrons. The average molecular weight is 402 g/mol. The second kappa shape index (κ2) is 8.13. The van der Waals surface area contributed by atoms with E-state index in [0.717, 1.165) is 28.0 Å². The number of hydrogen-bond donors (Lipinski definition) is 0. The van der Waals surface area contributed by atoms with Crippen LogP contribution >= 0.6 is 0 Å². The zero-order chi connectivity index (χ0) is 21.0. The second-order valence-corrected chi connectivity index (χ2v) is 7.16. The monoisotopic (exact) mass is 402 g/mol. The largest absolute Gasteiger partial charge is 0.343 e. The van der Waals surface area contributed by atoms with E-state index in [1.165, 1.54) is 0 Å². The van der Waals surface area contributed by atoms with Gasteiger partial charge in [-0.2, -0.15) is 10.2 Å². The SMILES string of the molecule is N#Cc1ccccc1C1=CC(c2nc(-c3ccccc3)no2)=CN(c2ccccc2)C1. The number of rotatable bonds is 4. The lowest BCUT2D eigenvalue weighted by atomic mass is 9.95. The second-order valence-electron chi connectivity index (χ2n) is 7.16. The zero-order valence-electron chi connectivity index (χ0n) is 16.6. The third-order valence-corrected chi connectivity index (χ3v) is 5.15. The maximum Gasteiger partial charge on any atom is 0.259 e. The maximum atomic E-state index is 9.60. The third kappa shape index (κ3) is 3.75. The van der Waals surface area contributed by atoms with Gasteiger partial charge in [0, 0.05) is 24.0 Å². The normalized spacial score (nSPS) is 13.3. The Morgan fingerprint density at radius 2 is 1.58 bits per heavy atom. The van der Waals surface area contributed by atoms with Gasteiger partial charge < -0.3 is 9.42 Å². The predicted molar refractivity (Wildman–Crippen MR) is 121 cm³/mol. The molecule has 5 heteroatoms. The fourth-order valence-corrected chi connectivity index (χ4v) is 3.64. The molecular weight excluding hydrogens is 384 g/mol. The minimum Gasteiger partial charge on any atom is -0.343 e. The van der Waals surface area contributed by atoms with Gasteiger partial charge in [0.25, 0.3) is 5.89 Å². The van der Waals surface area contributed by atoms with Crippen LogP contribution in [0.2, 0.25) is 0 Å². The molecule has 0 bridgehead atoms. The summed E-state index contributed by atoms with van der Waals surface area (Å²) in [6, 6.07) is 29.8. The van der Waals surface area contributed by atoms with Gasteiger partial charge >= 0.3 is 0 Å². The van der Waals surface area contributed by atoms with Crippen LogP contribution in [-0.4, -0.2) is 16.7 Å². The lowest BCUT2D eigenvalue weighted by molar-refractivity contribution is 0.409. The Morgan fingerprint density at radius 1 is 0.871 bits per heavy atom. The minimum absolute atomic E-state index is 0.437. The number of aromatic nitrogens is 2. The molecule has 1 aromatic heterocycles. The van der Waals surface area contributed by atoms with E-state index in [-0.39, 0.29) is 0 Å². The van der Waals surface area contributed by atoms with Crippen molar-refractivity contribution < 1.29 is 4.52 Å². The molecule has 5 nitrogen and oxygen atoms in total. The molecule has 0 amide bonds. The molecule has 0 spiro atoms. The number of para-hydroxylation sites is 1. The lowest BCUT2D eigenvalue weighted by Crippen LogP contribution is -2.22. The standard InChI is InChI=1S/C26H18N4O/c27-16-20-11-7-8-14-24(20)21-15-22(18-30(17-21)23-12-5-2-6-13-23)26-28-25(29-31-26)19-9-3-1-4-10-19/h1-15,18H,17H2. The molecule has 0 saturated heterocycles. The summed E-state index contributed by atoms with van der Waals surface area (Å²) in [4.78, 5) is 6.75. The first kappa shape index (κ1) is 18.6. The Bertz CT molecular complexity index is 1310. The van der Waals surface area contributed by atoms with Crippen molar-refractivity contribution in [2.24, 2.45) is 0 Å². The van der Waals surface area contributed by atoms with Crippen LogP contribution in [0.1, 0.15) is 17.0 Å². The molecule has 4 aromatic rings. The molecule has 3 aromatic carbocycles. The summed E-state index contributed by atoms with van der Waals surface area (Å²) >= 11 is 0. The fourth-order valence-electron chi connectivity index (χ4n) is 3.64. The van der Waals surface area contributed by atoms with Crippen molar-refractivity contribution in [3.63, 3.8) is 0 Å². The summed E-state index contributed by atoms with van der Waals surface area (Å²) in [5.41, 5.74) is 5.29. The van der Waals surface area contributed by atoms with Gasteiger partial charge in [-0.3, -0.25) is 0 Å². The van der Waals surface area contributed by atoms with Gasteiger partial charge in [0.1, 0.15) is 0 Å². The molecule has 0 fully saturated rings. The van der Waals surface area contributed by atoms with E-state index in [1.54, 1.807) is 0 Å². The Labute approximate surface area is 180 Å². The van der Waals surface area contributed by atoms with Crippen LogP contribution in [0.15, 0.2) is 102 Å². The van der Waals surface area contributed by atoms with Crippen molar-refractivity contribution in [3.05, 3.63) is 114 Å². The molecule has 1 aliphatic rings. The quantitative estimate of drug-likeness (QED) is 0.447. The summed E-state index contributed by atoms with van der Waals surface area (Å²) in [5.74, 6) is 0.979. The third-order valence-electron chi connectivity index (χ3n) is 5.15. The maximum absolute atomic E-state index is 9.60. The van der Waals surface area contributed by atoms with Crippen molar-refractivity contribution in [1.29, 1.82) is 5.26 Å². The topological polar surface area (TPSA) is 66.0 Å². The number of nitriles is 1. The Hall–Kier alpha value is -4.43. The smallest absolute Gasteiger partial charge is 0.259 e. The Kier molecular flexibility index (Phi) is 4.88. The summed E-state index contributed by atoms with van der Waals surface area (Å²) in [5, 5.41) is 13.8. The summed E-state index contributed by atoms with van der Waals surface area (Å²) in [6.07, 6.45) is 4.04. The predicted octanol–water partition coefficient (Wildman–Crippen LogP) is 5.55. The zero-order valence-corrected chi connectivity index (χ0v) is 16.6. The van der Waals surface area contributed by atoms with E-state index in [2.05, 4.69) is 33.2 Å². The first-order chi connectivity index (χ1) is 15.3. The molecule has 0 unspecified atom stereocenters. The van der Waals surface area contributed by atoms with Crippen LogP contribution < -0.4 is 4.90 Å². The fraction of sp³-hybridized carbons (Fsp3) is 0.0385. The van der Waals surface area contributed by atoms with Crippen molar-refractivity contribution in [2.75, 3.05) is 11.4 Å². The first-order valence-electron chi connectivity index (χ1n) is 9.95. The van der Waals surface area contributed by atoms with Crippen LogP contribution in [0.5, 0.6) is 0 Å². The highest BCUT2D eigenvalue weighted by Crippen LogP contribution is 2.32. The molecular formula is C26H18N4O. The van der Waals surface area contributed by atoms with E-state index in [4.69, 9.17) is 4.52 Å². The number of anilines is 1. The number of hydrogen-bond acceptors (Lipinski definition) is 5. The molecule has 31 heavy (non-hydrogen) atoms. The number of benzene rings is 3. The minimum atomic E-state index is 0.437. The van der Waals surface area contributed by atoms with Gasteiger partial charge in [0.05, 0.1) is 17.2 Å². The molecule has 5 rings (SSSR count). The summed E-state index contributed by atoms with van der Waals surface area (Å²) < 4.78 is 5.62. The van der Waals surface area contributed by atoms with Gasteiger partial charge in [-0.1, -0.05) is 71.9 Å². The van der Waals surface area contributed by atoms with E-state index in [1.807, 2.05) is 85.1 Å². The highest BCUT2D eigenvalue weighted by molar-refractivity contribution is 5.89. The van der Waals surface area contributed by atoms with Crippen molar-refractivity contribution >= 4 is 16.8 Å². The summed E-state index contributed by atoms with van der Waals surface area (Å²) in [7, 11) is 0. The molecule has 0 radical (unpaired) electrons. The van der Waals surface area contributed by atoms with E-state index in [9.17, 15) is 5.26 Å². The van der Waals surface area contributed by atoms with E-state index >= 15 is 0 Å². The van der Waals surface area contributed by atoms with Gasteiger partial charge in [0.2, 0.25) is 5.82 Å². The lowest BCUT2D eigenvalue weighted by Gasteiger charge is -2.27. The molecule has 0 aliphatic carbocycles. The Morgan fingerprint density at radius 3 is 2.35 bits per heavy atom. The van der Waals surface area contributed by atoms with Crippen LogP contribution in [0.4, 0.5) is 5.69 Å². The molecule has 0 atom stereocenters. The molecule has 1 aliphatic heterocycles. The van der Waals surface area contributed by atoms with Gasteiger partial charge in [0.15, 0.2) is 0 Å². The van der Waals surface area contributed by atoms with Crippen LogP contribution in [0.3, 0.4) is 0 Å². The first-order valence-corrected chi connectivity index (χ1v) is 9.95. The highest BCUT2D eigenvalue weighted by Gasteiger charge is 2.21. The van der Waals surface area contributed by atoms with Crippen LogP contribution in [0, 0.1) is 11.3 Å². The van der Waals surface area contributed by atoms with Crippen LogP contribution in [-0.2, 0) is 0 Å². The summed E-state index contributed by atoms with van der Waals surface area (Å²) in [6.45, 7) is 0.631. The highest BCUT2D eigenvalue weighted by atomic mass is 16.5. The van der Waals surface area contributed by atoms with Crippen molar-refractivity contribution in [3.8, 4) is 17.5 Å².